The molecule has 2 rings (SSSR count). The van der Waals surface area contributed by atoms with Crippen LogP contribution >= 0.6 is 0 Å². The van der Waals surface area contributed by atoms with Gasteiger partial charge in [0.1, 0.15) is 11.9 Å². The van der Waals surface area contributed by atoms with E-state index in [1.54, 1.807) is 0 Å². The fourth-order valence-corrected chi connectivity index (χ4v) is 1.83. The Morgan fingerprint density at radius 2 is 2.16 bits per heavy atom. The Balaban J connectivity index is 1.98. The Kier molecular flexibility index (Phi) is 3.82. The number of aromatic amines is 1. The number of aliphatic carboxylic acids is 1. The Bertz CT molecular complexity index is 479. The van der Waals surface area contributed by atoms with Crippen molar-refractivity contribution in [3.63, 3.8) is 0 Å². The first-order valence-electron chi connectivity index (χ1n) is 6.43. The van der Waals surface area contributed by atoms with E-state index in [-0.39, 0.29) is 11.7 Å². The van der Waals surface area contributed by atoms with E-state index < -0.39 is 17.9 Å². The second kappa shape index (κ2) is 5.38. The molecule has 1 aliphatic rings. The fourth-order valence-electron chi connectivity index (χ4n) is 1.83. The summed E-state index contributed by atoms with van der Waals surface area (Å²) < 4.78 is 0. The van der Waals surface area contributed by atoms with Crippen molar-refractivity contribution in [1.29, 1.82) is 0 Å². The van der Waals surface area contributed by atoms with Crippen LogP contribution < -0.4 is 5.32 Å². The number of rotatable bonds is 6. The molecule has 3 N–H and O–H groups in total. The molecule has 1 heterocycles. The standard InChI is InChI=1S/C12H18N4O3/c1-6(2)5-8(12(18)19)13-11(17)10-14-9(15-16-10)7-3-4-7/h6-8H,3-5H2,1-2H3,(H,13,17)(H,18,19)(H,14,15,16)/t8-/m0/s1. The van der Waals surface area contributed by atoms with Crippen molar-refractivity contribution < 1.29 is 14.7 Å². The van der Waals surface area contributed by atoms with Crippen LogP contribution in [0.4, 0.5) is 0 Å². The summed E-state index contributed by atoms with van der Waals surface area (Å²) in [5.41, 5.74) is 0. The third kappa shape index (κ3) is 3.52. The van der Waals surface area contributed by atoms with Crippen LogP contribution in [0.3, 0.4) is 0 Å². The maximum absolute atomic E-state index is 11.9. The minimum Gasteiger partial charge on any atom is -0.480 e. The molecule has 1 amide bonds. The van der Waals surface area contributed by atoms with Crippen molar-refractivity contribution in [2.45, 2.75) is 45.1 Å². The van der Waals surface area contributed by atoms with E-state index in [1.807, 2.05) is 13.8 Å². The molecule has 0 saturated heterocycles. The quantitative estimate of drug-likeness (QED) is 0.709. The number of carboxylic acids is 1. The normalized spacial score (nSPS) is 16.4. The van der Waals surface area contributed by atoms with Gasteiger partial charge in [-0.25, -0.2) is 9.78 Å². The van der Waals surface area contributed by atoms with Gasteiger partial charge in [0.15, 0.2) is 0 Å². The monoisotopic (exact) mass is 266 g/mol. The topological polar surface area (TPSA) is 108 Å². The van der Waals surface area contributed by atoms with Gasteiger partial charge < -0.3 is 10.4 Å². The molecule has 1 atom stereocenters. The van der Waals surface area contributed by atoms with Crippen LogP contribution in [0.15, 0.2) is 0 Å². The molecule has 1 fully saturated rings. The molecule has 7 heteroatoms. The summed E-state index contributed by atoms with van der Waals surface area (Å²) in [5.74, 6) is -0.315. The van der Waals surface area contributed by atoms with E-state index in [9.17, 15) is 9.59 Å². The van der Waals surface area contributed by atoms with Crippen LogP contribution in [0.1, 0.15) is 55.5 Å². The van der Waals surface area contributed by atoms with Crippen molar-refractivity contribution in [1.82, 2.24) is 20.5 Å². The van der Waals surface area contributed by atoms with Crippen LogP contribution in [0.25, 0.3) is 0 Å². The van der Waals surface area contributed by atoms with Crippen molar-refractivity contribution in [2.24, 2.45) is 5.92 Å². The van der Waals surface area contributed by atoms with Gasteiger partial charge in [0.25, 0.3) is 5.91 Å². The first-order valence-corrected chi connectivity index (χ1v) is 6.43. The molecule has 0 unspecified atom stereocenters. The minimum absolute atomic E-state index is 0.0110. The van der Waals surface area contributed by atoms with Gasteiger partial charge in [-0.2, -0.15) is 0 Å². The van der Waals surface area contributed by atoms with E-state index in [0.717, 1.165) is 12.8 Å². The third-order valence-corrected chi connectivity index (χ3v) is 2.98. The number of nitrogens with one attached hydrogen (secondary N) is 2. The molecule has 1 aromatic heterocycles. The SMILES string of the molecule is CC(C)C[C@H](NC(=O)c1n[nH]c(C2CC2)n1)C(=O)O. The van der Waals surface area contributed by atoms with E-state index in [4.69, 9.17) is 5.11 Å². The van der Waals surface area contributed by atoms with Gasteiger partial charge >= 0.3 is 5.97 Å². The van der Waals surface area contributed by atoms with Crippen LogP contribution in [0.2, 0.25) is 0 Å². The summed E-state index contributed by atoms with van der Waals surface area (Å²) in [6.45, 7) is 3.81. The van der Waals surface area contributed by atoms with Crippen molar-refractivity contribution in [3.05, 3.63) is 11.6 Å². The second-order valence-electron chi connectivity index (χ2n) is 5.31. The number of H-pyrrole nitrogens is 1. The summed E-state index contributed by atoms with van der Waals surface area (Å²) >= 11 is 0. The lowest BCUT2D eigenvalue weighted by Gasteiger charge is -2.15. The van der Waals surface area contributed by atoms with E-state index >= 15 is 0 Å². The lowest BCUT2D eigenvalue weighted by Crippen LogP contribution is -2.42. The molecule has 7 nitrogen and oxygen atoms in total. The summed E-state index contributed by atoms with van der Waals surface area (Å²) in [7, 11) is 0. The minimum atomic E-state index is -1.04. The zero-order valence-corrected chi connectivity index (χ0v) is 11.0. The first kappa shape index (κ1) is 13.5. The molecular formula is C12H18N4O3. The van der Waals surface area contributed by atoms with Gasteiger partial charge in [0.2, 0.25) is 5.82 Å². The van der Waals surface area contributed by atoms with E-state index in [1.165, 1.54) is 0 Å². The molecule has 0 radical (unpaired) electrons. The smallest absolute Gasteiger partial charge is 0.326 e. The van der Waals surface area contributed by atoms with Crippen LogP contribution in [0, 0.1) is 5.92 Å². The summed E-state index contributed by atoms with van der Waals surface area (Å²) in [6, 6.07) is -0.907. The number of amides is 1. The highest BCUT2D eigenvalue weighted by atomic mass is 16.4. The van der Waals surface area contributed by atoms with Gasteiger partial charge in [0.05, 0.1) is 0 Å². The van der Waals surface area contributed by atoms with Gasteiger partial charge in [-0.3, -0.25) is 9.89 Å². The molecule has 0 aromatic carbocycles. The molecule has 104 valence electrons. The van der Waals surface area contributed by atoms with Crippen molar-refractivity contribution >= 4 is 11.9 Å². The highest BCUT2D eigenvalue weighted by Crippen LogP contribution is 2.37. The van der Waals surface area contributed by atoms with Gasteiger partial charge in [-0.1, -0.05) is 13.8 Å². The number of carbonyl (C=O) groups excluding carboxylic acids is 1. The molecule has 1 saturated carbocycles. The average molecular weight is 266 g/mol. The maximum atomic E-state index is 11.9. The third-order valence-electron chi connectivity index (χ3n) is 2.98. The molecule has 19 heavy (non-hydrogen) atoms. The van der Waals surface area contributed by atoms with Crippen molar-refractivity contribution in [3.8, 4) is 0 Å². The highest BCUT2D eigenvalue weighted by Gasteiger charge is 2.29. The molecule has 0 spiro atoms. The summed E-state index contributed by atoms with van der Waals surface area (Å²) in [5, 5.41) is 18.1. The van der Waals surface area contributed by atoms with Crippen LogP contribution in [-0.4, -0.2) is 38.2 Å². The fraction of sp³-hybridized carbons (Fsp3) is 0.667. The zero-order valence-electron chi connectivity index (χ0n) is 11.0. The van der Waals surface area contributed by atoms with Crippen molar-refractivity contribution in [2.75, 3.05) is 0 Å². The number of carbonyl (C=O) groups is 2. The molecule has 0 aliphatic heterocycles. The lowest BCUT2D eigenvalue weighted by atomic mass is 10.0. The zero-order chi connectivity index (χ0) is 14.0. The molecule has 0 bridgehead atoms. The highest BCUT2D eigenvalue weighted by molar-refractivity contribution is 5.93. The van der Waals surface area contributed by atoms with Crippen LogP contribution in [0.5, 0.6) is 0 Å². The van der Waals surface area contributed by atoms with Crippen LogP contribution in [-0.2, 0) is 4.79 Å². The predicted molar refractivity (Wildman–Crippen MR) is 66.7 cm³/mol. The molecule has 1 aromatic rings. The number of hydrogen-bond acceptors (Lipinski definition) is 4. The number of hydrogen-bond donors (Lipinski definition) is 3. The summed E-state index contributed by atoms with van der Waals surface area (Å²) in [4.78, 5) is 27.0. The maximum Gasteiger partial charge on any atom is 0.326 e. The molecular weight excluding hydrogens is 248 g/mol. The number of carboxylic acid groups (broad SMARTS) is 1. The van der Waals surface area contributed by atoms with E-state index in [2.05, 4.69) is 20.5 Å². The second-order valence-corrected chi connectivity index (χ2v) is 5.31. The van der Waals surface area contributed by atoms with Gasteiger partial charge in [0, 0.05) is 5.92 Å². The Morgan fingerprint density at radius 1 is 1.47 bits per heavy atom. The predicted octanol–water partition coefficient (Wildman–Crippen LogP) is 0.911. The molecule has 1 aliphatic carbocycles. The largest absolute Gasteiger partial charge is 0.480 e. The first-order chi connectivity index (χ1) is 8.97. The van der Waals surface area contributed by atoms with E-state index in [0.29, 0.717) is 18.2 Å². The Hall–Kier alpha value is -1.92. The number of aromatic nitrogens is 3. The Labute approximate surface area is 110 Å². The lowest BCUT2D eigenvalue weighted by molar-refractivity contribution is -0.139. The summed E-state index contributed by atoms with van der Waals surface area (Å²) in [6.07, 6.45) is 2.49. The number of nitrogens with zero attached hydrogens (tertiary/aromatic N) is 2. The average Bonchev–Trinajstić information content (AvgIpc) is 3.05. The van der Waals surface area contributed by atoms with Gasteiger partial charge in [-0.15, -0.1) is 5.10 Å². The van der Waals surface area contributed by atoms with Gasteiger partial charge in [-0.05, 0) is 25.2 Å². The Morgan fingerprint density at radius 3 is 2.68 bits per heavy atom.